The average Bonchev–Trinajstić information content (AvgIpc) is 2.76. The van der Waals surface area contributed by atoms with Crippen LogP contribution < -0.4 is 0 Å². The van der Waals surface area contributed by atoms with Crippen molar-refractivity contribution in [3.05, 3.63) is 0 Å². The van der Waals surface area contributed by atoms with Crippen molar-refractivity contribution < 1.29 is 14.6 Å². The zero-order valence-electron chi connectivity index (χ0n) is 18.6. The van der Waals surface area contributed by atoms with Crippen LogP contribution in [0, 0.1) is 40.4 Å². The summed E-state index contributed by atoms with van der Waals surface area (Å²) in [6.07, 6.45) is 12.9. The molecule has 0 bridgehead atoms. The monoisotopic (exact) mass is 390 g/mol. The Morgan fingerprint density at radius 3 is 2.43 bits per heavy atom. The summed E-state index contributed by atoms with van der Waals surface area (Å²) in [5, 5.41) is 11.2. The minimum atomic E-state index is -0.627. The molecule has 4 aliphatic carbocycles. The van der Waals surface area contributed by atoms with Gasteiger partial charge in [0.15, 0.2) is 0 Å². The van der Waals surface area contributed by atoms with E-state index in [1.54, 1.807) is 7.11 Å². The number of methoxy groups -OCH3 is 1. The van der Waals surface area contributed by atoms with Gasteiger partial charge in [-0.1, -0.05) is 20.3 Å². The predicted octanol–water partition coefficient (Wildman–Crippen LogP) is 5.39. The molecule has 4 saturated carbocycles. The van der Waals surface area contributed by atoms with E-state index in [1.807, 2.05) is 6.92 Å². The standard InChI is InChI=1S/C25H42O3/c1-17(26)20-7-5-8-21-19-10-9-18-15-25(27,16-28-4)13-6-12-23(18,2)22(19)11-14-24(20,21)3/h18-22,27H,5-16H2,1-4H3/t18?,19-,20?,21?,22?,23-,24+,25?/m0/s1. The molecule has 0 amide bonds. The Morgan fingerprint density at radius 1 is 0.964 bits per heavy atom. The van der Waals surface area contributed by atoms with Gasteiger partial charge in [0.05, 0.1) is 12.2 Å². The molecule has 0 radical (unpaired) electrons. The minimum absolute atomic E-state index is 0.232. The molecule has 5 unspecified atom stereocenters. The Hall–Kier alpha value is -0.410. The lowest BCUT2D eigenvalue weighted by Crippen LogP contribution is -2.56. The highest BCUT2D eigenvalue weighted by molar-refractivity contribution is 5.79. The van der Waals surface area contributed by atoms with Crippen LogP contribution in [-0.4, -0.2) is 30.2 Å². The van der Waals surface area contributed by atoms with Gasteiger partial charge in [-0.2, -0.15) is 0 Å². The van der Waals surface area contributed by atoms with E-state index in [9.17, 15) is 9.90 Å². The van der Waals surface area contributed by atoms with Crippen molar-refractivity contribution in [3.8, 4) is 0 Å². The van der Waals surface area contributed by atoms with Gasteiger partial charge in [0.1, 0.15) is 5.78 Å². The molecule has 4 fully saturated rings. The van der Waals surface area contributed by atoms with Crippen LogP contribution in [0.5, 0.6) is 0 Å². The lowest BCUT2D eigenvalue weighted by Gasteiger charge is -2.62. The van der Waals surface area contributed by atoms with Crippen molar-refractivity contribution in [1.29, 1.82) is 0 Å². The van der Waals surface area contributed by atoms with Gasteiger partial charge in [-0.05, 0) is 106 Å². The number of fused-ring (bicyclic) bond motifs is 5. The van der Waals surface area contributed by atoms with Crippen LogP contribution in [0.3, 0.4) is 0 Å². The Labute approximate surface area is 172 Å². The third-order valence-electron chi connectivity index (χ3n) is 10.2. The number of ketones is 1. The largest absolute Gasteiger partial charge is 0.387 e. The first kappa shape index (κ1) is 20.8. The molecule has 0 aromatic heterocycles. The molecule has 0 aromatic rings. The quantitative estimate of drug-likeness (QED) is 0.702. The van der Waals surface area contributed by atoms with Gasteiger partial charge in [-0.3, -0.25) is 4.79 Å². The predicted molar refractivity (Wildman–Crippen MR) is 112 cm³/mol. The fraction of sp³-hybridized carbons (Fsp3) is 0.960. The maximum absolute atomic E-state index is 12.4. The van der Waals surface area contributed by atoms with Crippen molar-refractivity contribution in [2.45, 2.75) is 97.0 Å². The number of Topliss-reactive ketones (excluding diaryl/α,β-unsaturated/α-hetero) is 1. The summed E-state index contributed by atoms with van der Waals surface area (Å²) in [6.45, 7) is 7.33. The molecule has 8 atom stereocenters. The van der Waals surface area contributed by atoms with Crippen LogP contribution in [0.4, 0.5) is 0 Å². The smallest absolute Gasteiger partial charge is 0.133 e. The first-order valence-electron chi connectivity index (χ1n) is 12.0. The summed E-state index contributed by atoms with van der Waals surface area (Å²) < 4.78 is 5.40. The molecule has 160 valence electrons. The van der Waals surface area contributed by atoms with E-state index in [0.29, 0.717) is 29.6 Å². The van der Waals surface area contributed by atoms with Gasteiger partial charge in [0, 0.05) is 13.0 Å². The molecule has 3 nitrogen and oxygen atoms in total. The van der Waals surface area contributed by atoms with Gasteiger partial charge in [0.2, 0.25) is 0 Å². The molecule has 28 heavy (non-hydrogen) atoms. The van der Waals surface area contributed by atoms with Crippen LogP contribution in [0.15, 0.2) is 0 Å². The highest BCUT2D eigenvalue weighted by Gasteiger charge is 2.59. The summed E-state index contributed by atoms with van der Waals surface area (Å²) in [7, 11) is 1.72. The van der Waals surface area contributed by atoms with E-state index in [-0.39, 0.29) is 5.41 Å². The Bertz CT molecular complexity index is 603. The SMILES string of the molecule is COCC1(O)CCC[C@@]2(C)C(CC[C@@H]3C2CC[C@]2(C)C(C(C)=O)CCCC32)C1. The molecule has 0 aliphatic heterocycles. The fourth-order valence-corrected chi connectivity index (χ4v) is 8.88. The van der Waals surface area contributed by atoms with Crippen molar-refractivity contribution in [3.63, 3.8) is 0 Å². The third-order valence-corrected chi connectivity index (χ3v) is 10.2. The Balaban J connectivity index is 1.60. The first-order valence-corrected chi connectivity index (χ1v) is 12.0. The molecule has 4 aliphatic rings. The van der Waals surface area contributed by atoms with Gasteiger partial charge in [0.25, 0.3) is 0 Å². The van der Waals surface area contributed by atoms with Gasteiger partial charge < -0.3 is 9.84 Å². The first-order chi connectivity index (χ1) is 13.2. The minimum Gasteiger partial charge on any atom is -0.387 e. The van der Waals surface area contributed by atoms with Gasteiger partial charge >= 0.3 is 0 Å². The van der Waals surface area contributed by atoms with E-state index >= 15 is 0 Å². The third kappa shape index (κ3) is 3.20. The summed E-state index contributed by atoms with van der Waals surface area (Å²) in [5.74, 6) is 3.64. The maximum atomic E-state index is 12.4. The molecule has 3 heteroatoms. The number of rotatable bonds is 3. The molecule has 0 saturated heterocycles. The van der Waals surface area contributed by atoms with Crippen molar-refractivity contribution in [2.75, 3.05) is 13.7 Å². The van der Waals surface area contributed by atoms with E-state index in [0.717, 1.165) is 43.4 Å². The van der Waals surface area contributed by atoms with Crippen LogP contribution >= 0.6 is 0 Å². The number of aliphatic hydroxyl groups is 1. The number of hydrogen-bond acceptors (Lipinski definition) is 3. The highest BCUT2D eigenvalue weighted by atomic mass is 16.5. The normalized spacial score (nSPS) is 51.4. The van der Waals surface area contributed by atoms with Gasteiger partial charge in [-0.15, -0.1) is 0 Å². The summed E-state index contributed by atoms with van der Waals surface area (Å²) in [6, 6.07) is 0. The van der Waals surface area contributed by atoms with E-state index in [4.69, 9.17) is 4.74 Å². The second-order valence-corrected chi connectivity index (χ2v) is 11.5. The number of hydrogen-bond donors (Lipinski definition) is 1. The van der Waals surface area contributed by atoms with Crippen LogP contribution in [0.1, 0.15) is 91.4 Å². The molecular weight excluding hydrogens is 348 g/mol. The van der Waals surface area contributed by atoms with E-state index < -0.39 is 5.60 Å². The Morgan fingerprint density at radius 2 is 1.71 bits per heavy atom. The second kappa shape index (κ2) is 7.38. The Kier molecular flexibility index (Phi) is 5.49. The zero-order valence-corrected chi connectivity index (χ0v) is 18.6. The van der Waals surface area contributed by atoms with Crippen molar-refractivity contribution in [2.24, 2.45) is 40.4 Å². The molecule has 4 rings (SSSR count). The summed E-state index contributed by atoms with van der Waals surface area (Å²) in [4.78, 5) is 12.4. The van der Waals surface area contributed by atoms with E-state index in [2.05, 4.69) is 13.8 Å². The fourth-order valence-electron chi connectivity index (χ4n) is 8.88. The average molecular weight is 391 g/mol. The van der Waals surface area contributed by atoms with Crippen LogP contribution in [0.25, 0.3) is 0 Å². The zero-order chi connectivity index (χ0) is 20.2. The summed E-state index contributed by atoms with van der Waals surface area (Å²) in [5.41, 5.74) is -0.0423. The lowest BCUT2D eigenvalue weighted by molar-refractivity contribution is -0.153. The second-order valence-electron chi connectivity index (χ2n) is 11.5. The van der Waals surface area contributed by atoms with Crippen LogP contribution in [0.2, 0.25) is 0 Å². The molecule has 0 aromatic carbocycles. The molecule has 0 heterocycles. The van der Waals surface area contributed by atoms with Crippen LogP contribution in [-0.2, 0) is 9.53 Å². The topological polar surface area (TPSA) is 46.5 Å². The van der Waals surface area contributed by atoms with Crippen molar-refractivity contribution >= 4 is 5.78 Å². The summed E-state index contributed by atoms with van der Waals surface area (Å²) >= 11 is 0. The van der Waals surface area contributed by atoms with Gasteiger partial charge in [-0.25, -0.2) is 0 Å². The van der Waals surface area contributed by atoms with E-state index in [1.165, 1.54) is 44.9 Å². The number of carbonyl (C=O) groups excluding carboxylic acids is 1. The molecule has 1 N–H and O–H groups in total. The highest BCUT2D eigenvalue weighted by Crippen LogP contribution is 2.66. The lowest BCUT2D eigenvalue weighted by atomic mass is 9.42. The number of carbonyl (C=O) groups is 1. The molecule has 0 spiro atoms. The van der Waals surface area contributed by atoms with Crippen molar-refractivity contribution in [1.82, 2.24) is 0 Å². The number of ether oxygens (including phenoxy) is 1. The maximum Gasteiger partial charge on any atom is 0.133 e. The molecular formula is C25H42O3.